The predicted octanol–water partition coefficient (Wildman–Crippen LogP) is 5.97. The van der Waals surface area contributed by atoms with Crippen molar-refractivity contribution in [2.45, 2.75) is 38.4 Å². The lowest BCUT2D eigenvalue weighted by atomic mass is 9.98. The standard InChI is InChI=1S/C33H32F3N5O3/c34-33(35,36)25-6-4-22(5-7-25)20-41-21-24(19-37-41)32(43)38-26-8-11-31(42)28(18-26)30-17-23-16-27(9-10-29(23)39-30)44-15-14-40-12-2-1-3-13-40/h4-10,16-19,21,39H,1-3,11-15,20H2,(H,38,43). The summed E-state index contributed by atoms with van der Waals surface area (Å²) in [6.07, 6.45) is 5.74. The number of halogens is 3. The highest BCUT2D eigenvalue weighted by molar-refractivity contribution is 6.23. The number of aromatic amines is 1. The molecule has 0 unspecified atom stereocenters. The van der Waals surface area contributed by atoms with Gasteiger partial charge in [-0.3, -0.25) is 19.2 Å². The Labute approximate surface area is 252 Å². The number of carbonyl (C=O) groups is 2. The van der Waals surface area contributed by atoms with Crippen molar-refractivity contribution in [3.05, 3.63) is 101 Å². The Balaban J connectivity index is 1.08. The van der Waals surface area contributed by atoms with Crippen molar-refractivity contribution in [2.75, 3.05) is 26.2 Å². The van der Waals surface area contributed by atoms with Gasteiger partial charge in [0.15, 0.2) is 5.78 Å². The van der Waals surface area contributed by atoms with Crippen LogP contribution >= 0.6 is 0 Å². The van der Waals surface area contributed by atoms with E-state index in [0.717, 1.165) is 48.4 Å². The molecule has 4 aromatic rings. The molecule has 6 rings (SSSR count). The van der Waals surface area contributed by atoms with Crippen molar-refractivity contribution in [2.24, 2.45) is 0 Å². The second-order valence-electron chi connectivity index (χ2n) is 11.1. The van der Waals surface area contributed by atoms with E-state index in [2.05, 4.69) is 20.3 Å². The molecule has 1 aliphatic heterocycles. The molecule has 1 saturated heterocycles. The van der Waals surface area contributed by atoms with Gasteiger partial charge < -0.3 is 15.0 Å². The van der Waals surface area contributed by atoms with E-state index in [-0.39, 0.29) is 24.3 Å². The highest BCUT2D eigenvalue weighted by atomic mass is 19.4. The Hall–Kier alpha value is -4.64. The number of rotatable bonds is 9. The molecule has 3 heterocycles. The first-order valence-corrected chi connectivity index (χ1v) is 14.6. The van der Waals surface area contributed by atoms with Crippen molar-refractivity contribution < 1.29 is 27.5 Å². The van der Waals surface area contributed by atoms with E-state index in [1.807, 2.05) is 24.3 Å². The summed E-state index contributed by atoms with van der Waals surface area (Å²) in [6, 6.07) is 12.5. The first kappa shape index (κ1) is 29.4. The highest BCUT2D eigenvalue weighted by Gasteiger charge is 2.30. The Morgan fingerprint density at radius 1 is 1.05 bits per heavy atom. The van der Waals surface area contributed by atoms with Gasteiger partial charge in [0.25, 0.3) is 5.91 Å². The van der Waals surface area contributed by atoms with Crippen LogP contribution in [0.5, 0.6) is 5.75 Å². The zero-order chi connectivity index (χ0) is 30.7. The summed E-state index contributed by atoms with van der Waals surface area (Å²) in [5.74, 6) is 0.288. The zero-order valence-electron chi connectivity index (χ0n) is 24.0. The summed E-state index contributed by atoms with van der Waals surface area (Å²) >= 11 is 0. The third-order valence-corrected chi connectivity index (χ3v) is 7.89. The van der Waals surface area contributed by atoms with Crippen LogP contribution in [0, 0.1) is 0 Å². The van der Waals surface area contributed by atoms with Gasteiger partial charge in [-0.2, -0.15) is 18.3 Å². The Morgan fingerprint density at radius 2 is 1.84 bits per heavy atom. The number of piperidine rings is 1. The first-order chi connectivity index (χ1) is 21.2. The molecule has 2 aromatic heterocycles. The summed E-state index contributed by atoms with van der Waals surface area (Å²) in [5, 5.41) is 7.92. The fraction of sp³-hybridized carbons (Fsp3) is 0.303. The number of carbonyl (C=O) groups excluding carboxylic acids is 2. The summed E-state index contributed by atoms with van der Waals surface area (Å²) < 4.78 is 46.0. The quantitative estimate of drug-likeness (QED) is 0.246. The van der Waals surface area contributed by atoms with E-state index in [1.54, 1.807) is 12.2 Å². The summed E-state index contributed by atoms with van der Waals surface area (Å²) in [6.45, 7) is 3.98. The van der Waals surface area contributed by atoms with Crippen LogP contribution in [0.25, 0.3) is 16.5 Å². The van der Waals surface area contributed by atoms with Crippen LogP contribution in [-0.4, -0.2) is 57.6 Å². The predicted molar refractivity (Wildman–Crippen MR) is 160 cm³/mol. The van der Waals surface area contributed by atoms with Gasteiger partial charge in [-0.05, 0) is 74.0 Å². The maximum atomic E-state index is 13.0. The van der Waals surface area contributed by atoms with E-state index in [9.17, 15) is 22.8 Å². The minimum atomic E-state index is -4.40. The fourth-order valence-corrected chi connectivity index (χ4v) is 5.50. The molecular weight excluding hydrogens is 571 g/mol. The number of Topliss-reactive ketones (excluding diaryl/α,β-unsaturated/α-hetero) is 1. The molecule has 44 heavy (non-hydrogen) atoms. The first-order valence-electron chi connectivity index (χ1n) is 14.6. The largest absolute Gasteiger partial charge is 0.492 e. The SMILES string of the molecule is O=C1CC=C(NC(=O)c2cnn(Cc3ccc(C(F)(F)F)cc3)c2)C=C1c1cc2cc(OCCN3CCCCC3)ccc2[nH]1. The van der Waals surface area contributed by atoms with Gasteiger partial charge in [0.05, 0.1) is 29.6 Å². The number of allylic oxidation sites excluding steroid dienone is 3. The minimum Gasteiger partial charge on any atom is -0.492 e. The van der Waals surface area contributed by atoms with Crippen LogP contribution in [0.15, 0.2) is 78.8 Å². The fourth-order valence-electron chi connectivity index (χ4n) is 5.50. The number of ether oxygens (including phenoxy) is 1. The molecule has 1 amide bonds. The molecule has 11 heteroatoms. The van der Waals surface area contributed by atoms with Crippen LogP contribution < -0.4 is 10.1 Å². The van der Waals surface area contributed by atoms with Gasteiger partial charge in [-0.15, -0.1) is 0 Å². The highest BCUT2D eigenvalue weighted by Crippen LogP contribution is 2.30. The van der Waals surface area contributed by atoms with Crippen LogP contribution in [-0.2, 0) is 17.5 Å². The van der Waals surface area contributed by atoms with Crippen molar-refractivity contribution >= 4 is 28.2 Å². The van der Waals surface area contributed by atoms with Gasteiger partial charge in [-0.1, -0.05) is 24.6 Å². The number of hydrogen-bond donors (Lipinski definition) is 2. The number of H-pyrrole nitrogens is 1. The lowest BCUT2D eigenvalue weighted by Crippen LogP contribution is -2.33. The lowest BCUT2D eigenvalue weighted by Gasteiger charge is -2.26. The van der Waals surface area contributed by atoms with Gasteiger partial charge in [0.1, 0.15) is 12.4 Å². The molecule has 0 saturated carbocycles. The third kappa shape index (κ3) is 6.94. The Bertz CT molecular complexity index is 1730. The molecule has 2 N–H and O–H groups in total. The Kier molecular flexibility index (Phi) is 8.38. The number of ketones is 1. The lowest BCUT2D eigenvalue weighted by molar-refractivity contribution is -0.137. The van der Waals surface area contributed by atoms with Crippen LogP contribution in [0.2, 0.25) is 0 Å². The van der Waals surface area contributed by atoms with Crippen molar-refractivity contribution in [1.29, 1.82) is 0 Å². The van der Waals surface area contributed by atoms with E-state index in [1.165, 1.54) is 48.5 Å². The molecular formula is C33H32F3N5O3. The van der Waals surface area contributed by atoms with Crippen molar-refractivity contribution in [1.82, 2.24) is 25.0 Å². The number of nitrogens with one attached hydrogen (secondary N) is 2. The van der Waals surface area contributed by atoms with Crippen LogP contribution in [0.3, 0.4) is 0 Å². The molecule has 0 spiro atoms. The van der Waals surface area contributed by atoms with E-state index < -0.39 is 17.6 Å². The van der Waals surface area contributed by atoms with Crippen LogP contribution in [0.1, 0.15) is 52.9 Å². The molecule has 1 fully saturated rings. The number of aromatic nitrogens is 3. The molecule has 0 bridgehead atoms. The van der Waals surface area contributed by atoms with Gasteiger partial charge in [0, 0.05) is 41.3 Å². The summed E-state index contributed by atoms with van der Waals surface area (Å²) in [7, 11) is 0. The number of likely N-dealkylation sites (tertiary alicyclic amines) is 1. The van der Waals surface area contributed by atoms with Gasteiger partial charge in [0.2, 0.25) is 0 Å². The summed E-state index contributed by atoms with van der Waals surface area (Å²) in [5.41, 5.74) is 2.65. The Morgan fingerprint density at radius 3 is 2.61 bits per heavy atom. The number of alkyl halides is 3. The number of fused-ring (bicyclic) bond motifs is 1. The number of amides is 1. The van der Waals surface area contributed by atoms with Crippen LogP contribution in [0.4, 0.5) is 13.2 Å². The molecule has 2 aliphatic rings. The molecule has 228 valence electrons. The van der Waals surface area contributed by atoms with E-state index in [4.69, 9.17) is 4.74 Å². The van der Waals surface area contributed by atoms with E-state index >= 15 is 0 Å². The maximum Gasteiger partial charge on any atom is 0.416 e. The topological polar surface area (TPSA) is 92.2 Å². The number of nitrogens with zero attached hydrogens (tertiary/aromatic N) is 3. The average molecular weight is 604 g/mol. The maximum absolute atomic E-state index is 13.0. The average Bonchev–Trinajstić information content (AvgIpc) is 3.66. The zero-order valence-corrected chi connectivity index (χ0v) is 24.0. The molecule has 0 atom stereocenters. The van der Waals surface area contributed by atoms with Gasteiger partial charge in [-0.25, -0.2) is 0 Å². The van der Waals surface area contributed by atoms with Gasteiger partial charge >= 0.3 is 6.18 Å². The number of benzene rings is 2. The smallest absolute Gasteiger partial charge is 0.416 e. The molecule has 2 aromatic carbocycles. The summed E-state index contributed by atoms with van der Waals surface area (Å²) in [4.78, 5) is 31.5. The normalized spacial score (nSPS) is 16.1. The van der Waals surface area contributed by atoms with E-state index in [0.29, 0.717) is 29.1 Å². The molecule has 1 aliphatic carbocycles. The molecule has 0 radical (unpaired) electrons. The van der Waals surface area contributed by atoms with Crippen molar-refractivity contribution in [3.63, 3.8) is 0 Å². The second-order valence-corrected chi connectivity index (χ2v) is 11.1. The number of hydrogen-bond acceptors (Lipinski definition) is 5. The third-order valence-electron chi connectivity index (χ3n) is 7.89. The molecule has 8 nitrogen and oxygen atoms in total. The second kappa shape index (κ2) is 12.5. The minimum absolute atomic E-state index is 0.0723. The van der Waals surface area contributed by atoms with Crippen molar-refractivity contribution in [3.8, 4) is 5.75 Å². The monoisotopic (exact) mass is 603 g/mol.